The van der Waals surface area contributed by atoms with E-state index in [0.717, 1.165) is 17.8 Å². The lowest BCUT2D eigenvalue weighted by Crippen LogP contribution is -2.16. The van der Waals surface area contributed by atoms with Crippen LogP contribution in [0.2, 0.25) is 0 Å². The fraction of sp³-hybridized carbons (Fsp3) is 0.333. The van der Waals surface area contributed by atoms with Crippen molar-refractivity contribution in [1.82, 2.24) is 19.7 Å². The van der Waals surface area contributed by atoms with Crippen LogP contribution >= 0.6 is 11.8 Å². The summed E-state index contributed by atoms with van der Waals surface area (Å²) >= 11 is 1.33. The average Bonchev–Trinajstić information content (AvgIpc) is 3.19. The molecule has 3 rings (SSSR count). The number of thioether (sulfide) groups is 1. The van der Waals surface area contributed by atoms with E-state index in [9.17, 15) is 4.79 Å². The second kappa shape index (κ2) is 11.3. The van der Waals surface area contributed by atoms with E-state index in [2.05, 4.69) is 20.5 Å². The highest BCUT2D eigenvalue weighted by atomic mass is 32.2. The van der Waals surface area contributed by atoms with Gasteiger partial charge in [0.15, 0.2) is 11.0 Å². The first-order chi connectivity index (χ1) is 14.7. The minimum atomic E-state index is -0.140. The molecule has 3 aromatic rings. The summed E-state index contributed by atoms with van der Waals surface area (Å²) in [5, 5.41) is 12.2. The number of pyridine rings is 1. The van der Waals surface area contributed by atoms with Gasteiger partial charge in [-0.05, 0) is 30.7 Å². The van der Waals surface area contributed by atoms with Crippen molar-refractivity contribution in [2.24, 2.45) is 0 Å². The van der Waals surface area contributed by atoms with Crippen LogP contribution in [-0.2, 0) is 16.1 Å². The van der Waals surface area contributed by atoms with E-state index in [1.165, 1.54) is 11.8 Å². The van der Waals surface area contributed by atoms with Crippen LogP contribution in [-0.4, -0.2) is 51.7 Å². The van der Waals surface area contributed by atoms with Gasteiger partial charge in [-0.3, -0.25) is 14.3 Å². The van der Waals surface area contributed by atoms with Crippen molar-refractivity contribution in [3.8, 4) is 17.1 Å². The largest absolute Gasteiger partial charge is 0.491 e. The van der Waals surface area contributed by atoms with Crippen molar-refractivity contribution in [3.05, 3.63) is 48.8 Å². The van der Waals surface area contributed by atoms with E-state index >= 15 is 0 Å². The number of anilines is 1. The number of carbonyl (C=O) groups is 1. The Bertz CT molecular complexity index is 949. The van der Waals surface area contributed by atoms with Crippen molar-refractivity contribution in [3.63, 3.8) is 0 Å². The number of hydrogen-bond donors (Lipinski definition) is 1. The van der Waals surface area contributed by atoms with Crippen LogP contribution in [0.15, 0.2) is 53.9 Å². The molecule has 9 heteroatoms. The van der Waals surface area contributed by atoms with Crippen molar-refractivity contribution in [2.45, 2.75) is 25.0 Å². The van der Waals surface area contributed by atoms with E-state index in [4.69, 9.17) is 9.47 Å². The molecule has 0 aliphatic rings. The molecule has 0 atom stereocenters. The van der Waals surface area contributed by atoms with Crippen molar-refractivity contribution in [1.29, 1.82) is 0 Å². The molecule has 0 aliphatic carbocycles. The lowest BCUT2D eigenvalue weighted by atomic mass is 10.2. The first kappa shape index (κ1) is 21.8. The van der Waals surface area contributed by atoms with Crippen molar-refractivity contribution < 1.29 is 14.3 Å². The molecule has 0 saturated carbocycles. The molecule has 0 saturated heterocycles. The molecule has 0 unspecified atom stereocenters. The Balaban J connectivity index is 1.68. The van der Waals surface area contributed by atoms with Crippen LogP contribution < -0.4 is 10.1 Å². The predicted molar refractivity (Wildman–Crippen MR) is 117 cm³/mol. The molecule has 0 bridgehead atoms. The molecule has 1 N–H and O–H groups in total. The van der Waals surface area contributed by atoms with Crippen LogP contribution in [0.25, 0.3) is 11.4 Å². The first-order valence-electron chi connectivity index (χ1n) is 9.70. The molecular formula is C21H25N5O3S. The molecule has 2 heterocycles. The second-order valence-electron chi connectivity index (χ2n) is 6.37. The van der Waals surface area contributed by atoms with Gasteiger partial charge >= 0.3 is 0 Å². The smallest absolute Gasteiger partial charge is 0.234 e. The Morgan fingerprint density at radius 1 is 1.13 bits per heavy atom. The van der Waals surface area contributed by atoms with Gasteiger partial charge in [0.05, 0.1) is 31.2 Å². The monoisotopic (exact) mass is 427 g/mol. The first-order valence-corrected chi connectivity index (χ1v) is 10.7. The Morgan fingerprint density at radius 2 is 1.93 bits per heavy atom. The molecule has 1 aromatic carbocycles. The minimum absolute atomic E-state index is 0.140. The summed E-state index contributed by atoms with van der Waals surface area (Å²) in [5.41, 5.74) is 1.57. The lowest BCUT2D eigenvalue weighted by Gasteiger charge is -2.12. The van der Waals surface area contributed by atoms with Gasteiger partial charge in [0.1, 0.15) is 5.75 Å². The fourth-order valence-electron chi connectivity index (χ4n) is 2.72. The Morgan fingerprint density at radius 3 is 2.70 bits per heavy atom. The number of nitrogens with zero attached hydrogens (tertiary/aromatic N) is 4. The molecule has 0 fully saturated rings. The molecule has 8 nitrogen and oxygen atoms in total. The van der Waals surface area contributed by atoms with E-state index in [1.54, 1.807) is 19.5 Å². The summed E-state index contributed by atoms with van der Waals surface area (Å²) in [6.07, 6.45) is 4.32. The summed E-state index contributed by atoms with van der Waals surface area (Å²) < 4.78 is 12.9. The molecular weight excluding hydrogens is 402 g/mol. The second-order valence-corrected chi connectivity index (χ2v) is 7.31. The van der Waals surface area contributed by atoms with Crippen LogP contribution in [0.3, 0.4) is 0 Å². The summed E-state index contributed by atoms with van der Waals surface area (Å²) in [7, 11) is 1.65. The molecule has 0 radical (unpaired) electrons. The average molecular weight is 428 g/mol. The number of para-hydroxylation sites is 2. The van der Waals surface area contributed by atoms with Gasteiger partial charge in [0, 0.05) is 25.1 Å². The van der Waals surface area contributed by atoms with Crippen LogP contribution in [0, 0.1) is 0 Å². The summed E-state index contributed by atoms with van der Waals surface area (Å²) in [5.74, 6) is 1.44. The molecule has 2 aromatic heterocycles. The number of methoxy groups -OCH3 is 1. The maximum Gasteiger partial charge on any atom is 0.234 e. The normalized spacial score (nSPS) is 10.7. The van der Waals surface area contributed by atoms with Gasteiger partial charge in [-0.15, -0.1) is 10.2 Å². The Hall–Kier alpha value is -2.91. The zero-order valence-electron chi connectivity index (χ0n) is 17.1. The van der Waals surface area contributed by atoms with Crippen molar-refractivity contribution in [2.75, 3.05) is 31.4 Å². The number of rotatable bonds is 11. The van der Waals surface area contributed by atoms with Gasteiger partial charge in [0.25, 0.3) is 0 Å². The number of carbonyl (C=O) groups excluding carboxylic acids is 1. The number of nitrogens with one attached hydrogen (secondary N) is 1. The quantitative estimate of drug-likeness (QED) is 0.468. The van der Waals surface area contributed by atoms with Crippen LogP contribution in [0.1, 0.15) is 13.3 Å². The molecule has 1 amide bonds. The number of hydrogen-bond acceptors (Lipinski definition) is 7. The minimum Gasteiger partial charge on any atom is -0.491 e. The van der Waals surface area contributed by atoms with E-state index in [0.29, 0.717) is 36.4 Å². The molecule has 30 heavy (non-hydrogen) atoms. The number of amides is 1. The van der Waals surface area contributed by atoms with E-state index < -0.39 is 0 Å². The Labute approximate surface area is 180 Å². The van der Waals surface area contributed by atoms with Crippen LogP contribution in [0.4, 0.5) is 5.69 Å². The zero-order chi connectivity index (χ0) is 21.2. The SMILES string of the molecule is CCCOc1ccccc1NC(=O)CSc1nnc(-c2ccncc2)n1CCOC. The third-order valence-electron chi connectivity index (χ3n) is 4.13. The van der Waals surface area contributed by atoms with Gasteiger partial charge < -0.3 is 14.8 Å². The number of aromatic nitrogens is 4. The van der Waals surface area contributed by atoms with Crippen LogP contribution in [0.5, 0.6) is 5.75 Å². The van der Waals surface area contributed by atoms with Gasteiger partial charge in [-0.25, -0.2) is 0 Å². The number of benzene rings is 1. The molecule has 0 spiro atoms. The van der Waals surface area contributed by atoms with Gasteiger partial charge in [-0.2, -0.15) is 0 Å². The highest BCUT2D eigenvalue weighted by molar-refractivity contribution is 7.99. The topological polar surface area (TPSA) is 91.2 Å². The van der Waals surface area contributed by atoms with Gasteiger partial charge in [0.2, 0.25) is 5.91 Å². The fourth-order valence-corrected chi connectivity index (χ4v) is 3.48. The van der Waals surface area contributed by atoms with Gasteiger partial charge in [-0.1, -0.05) is 30.8 Å². The highest BCUT2D eigenvalue weighted by Crippen LogP contribution is 2.26. The summed E-state index contributed by atoms with van der Waals surface area (Å²) in [6.45, 7) is 3.73. The zero-order valence-corrected chi connectivity index (χ0v) is 17.9. The summed E-state index contributed by atoms with van der Waals surface area (Å²) in [4.78, 5) is 16.6. The van der Waals surface area contributed by atoms with E-state index in [1.807, 2.05) is 47.9 Å². The van der Waals surface area contributed by atoms with Crippen molar-refractivity contribution >= 4 is 23.4 Å². The lowest BCUT2D eigenvalue weighted by molar-refractivity contribution is -0.113. The third-order valence-corrected chi connectivity index (χ3v) is 5.10. The summed E-state index contributed by atoms with van der Waals surface area (Å²) in [6, 6.07) is 11.2. The molecule has 0 aliphatic heterocycles. The Kier molecular flexibility index (Phi) is 8.22. The predicted octanol–water partition coefficient (Wildman–Crippen LogP) is 3.51. The highest BCUT2D eigenvalue weighted by Gasteiger charge is 2.16. The maximum atomic E-state index is 12.5. The molecule has 158 valence electrons. The number of ether oxygens (including phenoxy) is 2. The standard InChI is InChI=1S/C21H25N5O3S/c1-3-13-29-18-7-5-4-6-17(18)23-19(27)15-30-21-25-24-20(26(21)12-14-28-2)16-8-10-22-11-9-16/h4-11H,3,12-15H2,1-2H3,(H,23,27). The third kappa shape index (κ3) is 5.80. The maximum absolute atomic E-state index is 12.5. The van der Waals surface area contributed by atoms with E-state index in [-0.39, 0.29) is 11.7 Å².